The molecule has 0 aliphatic heterocycles. The molecule has 0 aromatic heterocycles. The molecule has 2 rings (SSSR count). The van der Waals surface area contributed by atoms with Crippen LogP contribution in [0.1, 0.15) is 35.3 Å². The van der Waals surface area contributed by atoms with Crippen molar-refractivity contribution in [2.24, 2.45) is 0 Å². The highest BCUT2D eigenvalue weighted by Crippen LogP contribution is 2.26. The van der Waals surface area contributed by atoms with Gasteiger partial charge in [0, 0.05) is 18.2 Å². The number of rotatable bonds is 4. The van der Waals surface area contributed by atoms with Gasteiger partial charge in [-0.2, -0.15) is 0 Å². The number of amides is 1. The first-order valence-electron chi connectivity index (χ1n) is 7.27. The lowest BCUT2D eigenvalue weighted by molar-refractivity contribution is 0.0988. The number of carbonyl (C=O) groups excluding carboxylic acids is 1. The smallest absolute Gasteiger partial charge is 0.258 e. The summed E-state index contributed by atoms with van der Waals surface area (Å²) in [6, 6.07) is 12.8. The molecule has 110 valence electrons. The monoisotopic (exact) mass is 283 g/mol. The quantitative estimate of drug-likeness (QED) is 0.923. The minimum atomic E-state index is -0.0474. The second-order valence-corrected chi connectivity index (χ2v) is 5.07. The zero-order chi connectivity index (χ0) is 15.4. The molecule has 1 N–H and O–H groups in total. The van der Waals surface area contributed by atoms with Gasteiger partial charge in [0.1, 0.15) is 5.75 Å². The summed E-state index contributed by atoms with van der Waals surface area (Å²) < 4.78 is 0. The molecule has 0 aliphatic rings. The van der Waals surface area contributed by atoms with E-state index in [1.54, 1.807) is 17.0 Å². The Hall–Kier alpha value is -2.29. The first-order valence-corrected chi connectivity index (χ1v) is 7.27. The van der Waals surface area contributed by atoms with Crippen molar-refractivity contribution in [1.82, 2.24) is 0 Å². The van der Waals surface area contributed by atoms with E-state index in [0.29, 0.717) is 12.1 Å². The Morgan fingerprint density at radius 2 is 1.76 bits per heavy atom. The van der Waals surface area contributed by atoms with E-state index in [1.807, 2.05) is 44.2 Å². The molecule has 1 amide bonds. The molecule has 0 spiro atoms. The zero-order valence-electron chi connectivity index (χ0n) is 12.8. The summed E-state index contributed by atoms with van der Waals surface area (Å²) in [5.74, 6) is 0.122. The first kappa shape index (κ1) is 15.1. The number of hydrogen-bond acceptors (Lipinski definition) is 2. The maximum Gasteiger partial charge on any atom is 0.258 e. The summed E-state index contributed by atoms with van der Waals surface area (Å²) >= 11 is 0. The summed E-state index contributed by atoms with van der Waals surface area (Å²) in [4.78, 5) is 14.4. The van der Waals surface area contributed by atoms with E-state index < -0.39 is 0 Å². The Morgan fingerprint density at radius 1 is 1.10 bits per heavy atom. The van der Waals surface area contributed by atoms with Gasteiger partial charge in [-0.1, -0.05) is 25.1 Å². The number of anilines is 1. The topological polar surface area (TPSA) is 40.5 Å². The minimum absolute atomic E-state index is 0.0474. The van der Waals surface area contributed by atoms with Gasteiger partial charge in [-0.05, 0) is 49.6 Å². The van der Waals surface area contributed by atoms with Crippen LogP contribution >= 0.6 is 0 Å². The standard InChI is InChI=1S/C18H21NO2/c1-4-14-7-9-15(10-8-14)18(21)19(5-2)17-12-16(20)11-6-13(17)3/h6-12,20H,4-5H2,1-3H3. The number of carbonyl (C=O) groups is 1. The van der Waals surface area contributed by atoms with E-state index in [9.17, 15) is 9.90 Å². The maximum absolute atomic E-state index is 12.7. The Labute approximate surface area is 125 Å². The summed E-state index contributed by atoms with van der Waals surface area (Å²) in [7, 11) is 0. The van der Waals surface area contributed by atoms with Crippen molar-refractivity contribution >= 4 is 11.6 Å². The SMILES string of the molecule is CCc1ccc(C(=O)N(CC)c2cc(O)ccc2C)cc1. The highest BCUT2D eigenvalue weighted by molar-refractivity contribution is 6.06. The number of hydrogen-bond donors (Lipinski definition) is 1. The number of nitrogens with zero attached hydrogens (tertiary/aromatic N) is 1. The van der Waals surface area contributed by atoms with Gasteiger partial charge in [0.05, 0.1) is 5.69 Å². The molecular formula is C18H21NO2. The summed E-state index contributed by atoms with van der Waals surface area (Å²) in [6.07, 6.45) is 0.956. The molecule has 0 saturated carbocycles. The summed E-state index contributed by atoms with van der Waals surface area (Å²) in [5, 5.41) is 9.66. The van der Waals surface area contributed by atoms with Crippen LogP contribution in [0.15, 0.2) is 42.5 Å². The summed E-state index contributed by atoms with van der Waals surface area (Å²) in [6.45, 7) is 6.51. The van der Waals surface area contributed by atoms with Gasteiger partial charge in [-0.3, -0.25) is 4.79 Å². The van der Waals surface area contributed by atoms with Crippen molar-refractivity contribution in [2.75, 3.05) is 11.4 Å². The number of aromatic hydroxyl groups is 1. The Bertz CT molecular complexity index is 632. The van der Waals surface area contributed by atoms with Gasteiger partial charge in [-0.25, -0.2) is 0 Å². The third-order valence-electron chi connectivity index (χ3n) is 3.65. The molecule has 2 aromatic carbocycles. The van der Waals surface area contributed by atoms with Gasteiger partial charge in [0.2, 0.25) is 0 Å². The molecule has 0 bridgehead atoms. The van der Waals surface area contributed by atoms with Crippen LogP contribution < -0.4 is 4.90 Å². The number of aryl methyl sites for hydroxylation is 2. The Morgan fingerprint density at radius 3 is 2.33 bits per heavy atom. The van der Waals surface area contributed by atoms with E-state index in [1.165, 1.54) is 5.56 Å². The molecule has 3 nitrogen and oxygen atoms in total. The molecule has 3 heteroatoms. The van der Waals surface area contributed by atoms with E-state index in [0.717, 1.165) is 17.7 Å². The Balaban J connectivity index is 2.35. The normalized spacial score (nSPS) is 10.4. The first-order chi connectivity index (χ1) is 10.1. The molecule has 0 atom stereocenters. The fraction of sp³-hybridized carbons (Fsp3) is 0.278. The number of phenols is 1. The third-order valence-corrected chi connectivity index (χ3v) is 3.65. The van der Waals surface area contributed by atoms with Crippen molar-refractivity contribution < 1.29 is 9.90 Å². The van der Waals surface area contributed by atoms with Crippen LogP contribution in [0.2, 0.25) is 0 Å². The molecule has 0 aliphatic carbocycles. The predicted octanol–water partition coefficient (Wildman–Crippen LogP) is 3.93. The fourth-order valence-electron chi connectivity index (χ4n) is 2.35. The molecular weight excluding hydrogens is 262 g/mol. The lowest BCUT2D eigenvalue weighted by Crippen LogP contribution is -2.31. The van der Waals surface area contributed by atoms with E-state index in [2.05, 4.69) is 6.92 Å². The lowest BCUT2D eigenvalue weighted by atomic mass is 10.1. The molecule has 0 fully saturated rings. The van der Waals surface area contributed by atoms with Crippen molar-refractivity contribution in [2.45, 2.75) is 27.2 Å². The van der Waals surface area contributed by atoms with Crippen LogP contribution in [0.4, 0.5) is 5.69 Å². The zero-order valence-corrected chi connectivity index (χ0v) is 12.8. The minimum Gasteiger partial charge on any atom is -0.508 e. The number of benzene rings is 2. The fourth-order valence-corrected chi connectivity index (χ4v) is 2.35. The highest BCUT2D eigenvalue weighted by Gasteiger charge is 2.18. The maximum atomic E-state index is 12.7. The second kappa shape index (κ2) is 6.44. The molecule has 0 radical (unpaired) electrons. The van der Waals surface area contributed by atoms with Gasteiger partial charge >= 0.3 is 0 Å². The molecule has 2 aromatic rings. The third kappa shape index (κ3) is 3.24. The Kier molecular flexibility index (Phi) is 4.63. The van der Waals surface area contributed by atoms with Crippen molar-refractivity contribution in [3.05, 3.63) is 59.2 Å². The van der Waals surface area contributed by atoms with E-state index in [-0.39, 0.29) is 11.7 Å². The molecule has 0 heterocycles. The summed E-state index contributed by atoms with van der Waals surface area (Å²) in [5.41, 5.74) is 3.59. The average molecular weight is 283 g/mol. The van der Waals surface area contributed by atoms with Crippen LogP contribution in [0.3, 0.4) is 0 Å². The average Bonchev–Trinajstić information content (AvgIpc) is 2.51. The van der Waals surface area contributed by atoms with Gasteiger partial charge < -0.3 is 10.0 Å². The van der Waals surface area contributed by atoms with E-state index in [4.69, 9.17) is 0 Å². The highest BCUT2D eigenvalue weighted by atomic mass is 16.3. The second-order valence-electron chi connectivity index (χ2n) is 5.07. The van der Waals surface area contributed by atoms with Crippen molar-refractivity contribution in [1.29, 1.82) is 0 Å². The molecule has 0 saturated heterocycles. The van der Waals surface area contributed by atoms with Crippen molar-refractivity contribution in [3.63, 3.8) is 0 Å². The van der Waals surface area contributed by atoms with Gasteiger partial charge in [0.25, 0.3) is 5.91 Å². The van der Waals surface area contributed by atoms with Crippen LogP contribution in [0.25, 0.3) is 0 Å². The number of phenolic OH excluding ortho intramolecular Hbond substituents is 1. The predicted molar refractivity (Wildman–Crippen MR) is 86.0 cm³/mol. The van der Waals surface area contributed by atoms with Gasteiger partial charge in [-0.15, -0.1) is 0 Å². The van der Waals surface area contributed by atoms with Crippen LogP contribution in [0.5, 0.6) is 5.75 Å². The largest absolute Gasteiger partial charge is 0.508 e. The molecule has 0 unspecified atom stereocenters. The van der Waals surface area contributed by atoms with Crippen LogP contribution in [-0.2, 0) is 6.42 Å². The van der Waals surface area contributed by atoms with Crippen LogP contribution in [-0.4, -0.2) is 17.6 Å². The lowest BCUT2D eigenvalue weighted by Gasteiger charge is -2.23. The van der Waals surface area contributed by atoms with E-state index >= 15 is 0 Å². The van der Waals surface area contributed by atoms with Crippen molar-refractivity contribution in [3.8, 4) is 5.75 Å². The van der Waals surface area contributed by atoms with Gasteiger partial charge in [0.15, 0.2) is 0 Å². The molecule has 21 heavy (non-hydrogen) atoms. The van der Waals surface area contributed by atoms with Crippen LogP contribution in [0, 0.1) is 6.92 Å².